The van der Waals surface area contributed by atoms with E-state index in [9.17, 15) is 0 Å². The smallest absolute Gasteiger partial charge is 0.0992 e. The molecule has 20 heavy (non-hydrogen) atoms. The molecule has 0 bridgehead atoms. The van der Waals surface area contributed by atoms with E-state index in [1.54, 1.807) is 12.1 Å². The zero-order valence-corrected chi connectivity index (χ0v) is 12.3. The van der Waals surface area contributed by atoms with Crippen LogP contribution in [0.3, 0.4) is 0 Å². The van der Waals surface area contributed by atoms with Crippen LogP contribution in [-0.4, -0.2) is 28.9 Å². The molecule has 4 nitrogen and oxygen atoms in total. The molecule has 0 spiro atoms. The van der Waals surface area contributed by atoms with Crippen LogP contribution in [0, 0.1) is 17.2 Å². The molecular formula is C15H18ClN3O. The van der Waals surface area contributed by atoms with E-state index in [-0.39, 0.29) is 0 Å². The van der Waals surface area contributed by atoms with Crippen molar-refractivity contribution in [2.24, 2.45) is 11.1 Å². The predicted octanol–water partition coefficient (Wildman–Crippen LogP) is 3.27. The summed E-state index contributed by atoms with van der Waals surface area (Å²) in [5, 5.41) is 21.9. The van der Waals surface area contributed by atoms with E-state index in [1.165, 1.54) is 0 Å². The van der Waals surface area contributed by atoms with Crippen LogP contribution in [-0.2, 0) is 6.54 Å². The summed E-state index contributed by atoms with van der Waals surface area (Å²) in [6.07, 6.45) is 1.76. The summed E-state index contributed by atoms with van der Waals surface area (Å²) >= 11 is 6.21. The lowest BCUT2D eigenvalue weighted by Gasteiger charge is -2.33. The van der Waals surface area contributed by atoms with Crippen LogP contribution >= 0.6 is 11.6 Å². The quantitative estimate of drug-likeness (QED) is 0.687. The molecule has 1 unspecified atom stereocenters. The molecule has 1 aromatic carbocycles. The molecule has 0 aliphatic carbocycles. The maximum atomic E-state index is 8.99. The van der Waals surface area contributed by atoms with Gasteiger partial charge in [-0.3, -0.25) is 4.90 Å². The van der Waals surface area contributed by atoms with Gasteiger partial charge >= 0.3 is 0 Å². The second-order valence-electron chi connectivity index (χ2n) is 5.10. The molecule has 5 heteroatoms. The Balaban J connectivity index is 2.06. The predicted molar refractivity (Wildman–Crippen MR) is 79.1 cm³/mol. The summed E-state index contributed by atoms with van der Waals surface area (Å²) in [4.78, 5) is 2.32. The van der Waals surface area contributed by atoms with Gasteiger partial charge in [0, 0.05) is 37.0 Å². The normalized spacial score (nSPS) is 21.9. The van der Waals surface area contributed by atoms with E-state index in [1.807, 2.05) is 6.07 Å². The number of hydrogen-bond donors (Lipinski definition) is 1. The van der Waals surface area contributed by atoms with E-state index in [2.05, 4.69) is 23.0 Å². The maximum Gasteiger partial charge on any atom is 0.0992 e. The summed E-state index contributed by atoms with van der Waals surface area (Å²) in [5.74, 6) is 0.311. The molecule has 1 aliphatic rings. The number of oxime groups is 1. The van der Waals surface area contributed by atoms with Gasteiger partial charge in [0.05, 0.1) is 17.3 Å². The number of piperidine rings is 1. The van der Waals surface area contributed by atoms with Crippen LogP contribution in [0.25, 0.3) is 0 Å². The first-order chi connectivity index (χ1) is 9.67. The zero-order chi connectivity index (χ0) is 14.5. The second-order valence-corrected chi connectivity index (χ2v) is 5.51. The minimum atomic E-state index is 0.311. The largest absolute Gasteiger partial charge is 0.411 e. The number of rotatable bonds is 3. The SMILES string of the molecule is CCC1CN(Cc2ccc(C#N)cc2Cl)CC/C1=N\O. The Hall–Kier alpha value is -1.57. The molecule has 1 saturated heterocycles. The van der Waals surface area contributed by atoms with Gasteiger partial charge in [0.25, 0.3) is 0 Å². The van der Waals surface area contributed by atoms with Crippen molar-refractivity contribution in [2.75, 3.05) is 13.1 Å². The maximum absolute atomic E-state index is 8.99. The van der Waals surface area contributed by atoms with E-state index in [0.717, 1.165) is 43.8 Å². The minimum absolute atomic E-state index is 0.311. The monoisotopic (exact) mass is 291 g/mol. The Labute approximate surface area is 124 Å². The van der Waals surface area contributed by atoms with Crippen LogP contribution in [0.5, 0.6) is 0 Å². The molecule has 0 saturated carbocycles. The van der Waals surface area contributed by atoms with Crippen molar-refractivity contribution in [1.29, 1.82) is 5.26 Å². The fourth-order valence-electron chi connectivity index (χ4n) is 2.61. The van der Waals surface area contributed by atoms with Crippen LogP contribution in [0.2, 0.25) is 5.02 Å². The van der Waals surface area contributed by atoms with E-state index < -0.39 is 0 Å². The highest BCUT2D eigenvalue weighted by atomic mass is 35.5. The lowest BCUT2D eigenvalue weighted by Crippen LogP contribution is -2.40. The number of likely N-dealkylation sites (tertiary alicyclic amines) is 1. The first-order valence-corrected chi connectivity index (χ1v) is 7.17. The van der Waals surface area contributed by atoms with Crippen LogP contribution in [0.1, 0.15) is 30.9 Å². The Bertz CT molecular complexity index is 551. The van der Waals surface area contributed by atoms with Crippen molar-refractivity contribution in [3.05, 3.63) is 34.3 Å². The van der Waals surface area contributed by atoms with Crippen LogP contribution in [0.4, 0.5) is 0 Å². The lowest BCUT2D eigenvalue weighted by molar-refractivity contribution is 0.220. The van der Waals surface area contributed by atoms with Gasteiger partial charge < -0.3 is 5.21 Å². The fourth-order valence-corrected chi connectivity index (χ4v) is 2.85. The van der Waals surface area contributed by atoms with Crippen molar-refractivity contribution >= 4 is 17.3 Å². The molecule has 1 fully saturated rings. The first kappa shape index (κ1) is 14.8. The third-order valence-corrected chi connectivity index (χ3v) is 4.18. The number of nitriles is 1. The van der Waals surface area contributed by atoms with Crippen molar-refractivity contribution in [3.8, 4) is 6.07 Å². The summed E-state index contributed by atoms with van der Waals surface area (Å²) in [6, 6.07) is 7.50. The average molecular weight is 292 g/mol. The van der Waals surface area contributed by atoms with Crippen molar-refractivity contribution in [3.63, 3.8) is 0 Å². The van der Waals surface area contributed by atoms with Gasteiger partial charge in [0.1, 0.15) is 0 Å². The lowest BCUT2D eigenvalue weighted by atomic mass is 9.93. The Kier molecular flexibility index (Phi) is 4.99. The summed E-state index contributed by atoms with van der Waals surface area (Å²) in [7, 11) is 0. The average Bonchev–Trinajstić information content (AvgIpc) is 2.49. The van der Waals surface area contributed by atoms with Gasteiger partial charge in [0.2, 0.25) is 0 Å². The molecule has 0 radical (unpaired) electrons. The fraction of sp³-hybridized carbons (Fsp3) is 0.467. The standard InChI is InChI=1S/C15H18ClN3O/c1-2-12-9-19(6-5-15(12)18-20)10-13-4-3-11(8-17)7-14(13)16/h3-4,7,12,20H,2,5-6,9-10H2,1H3/b18-15+. The highest BCUT2D eigenvalue weighted by Gasteiger charge is 2.25. The number of hydrogen-bond acceptors (Lipinski definition) is 4. The third-order valence-electron chi connectivity index (χ3n) is 3.83. The van der Waals surface area contributed by atoms with Gasteiger partial charge in [-0.15, -0.1) is 0 Å². The van der Waals surface area contributed by atoms with Gasteiger partial charge in [-0.05, 0) is 24.1 Å². The number of nitrogens with zero attached hydrogens (tertiary/aromatic N) is 3. The molecule has 2 rings (SSSR count). The minimum Gasteiger partial charge on any atom is -0.411 e. The first-order valence-electron chi connectivity index (χ1n) is 6.79. The molecule has 1 N–H and O–H groups in total. The van der Waals surface area contributed by atoms with Crippen molar-refractivity contribution < 1.29 is 5.21 Å². The second kappa shape index (κ2) is 6.74. The van der Waals surface area contributed by atoms with E-state index in [0.29, 0.717) is 16.5 Å². The van der Waals surface area contributed by atoms with Gasteiger partial charge in [0.15, 0.2) is 0 Å². The van der Waals surface area contributed by atoms with Crippen LogP contribution < -0.4 is 0 Å². The zero-order valence-electron chi connectivity index (χ0n) is 11.5. The highest BCUT2D eigenvalue weighted by Crippen LogP contribution is 2.23. The summed E-state index contributed by atoms with van der Waals surface area (Å²) in [5.41, 5.74) is 2.51. The molecule has 1 atom stereocenters. The Morgan fingerprint density at radius 3 is 2.95 bits per heavy atom. The number of benzene rings is 1. The highest BCUT2D eigenvalue weighted by molar-refractivity contribution is 6.31. The number of halogens is 1. The molecule has 1 heterocycles. The summed E-state index contributed by atoms with van der Waals surface area (Å²) in [6.45, 7) is 4.62. The van der Waals surface area contributed by atoms with Gasteiger partial charge in [-0.1, -0.05) is 29.7 Å². The van der Waals surface area contributed by atoms with Gasteiger partial charge in [-0.25, -0.2) is 0 Å². The topological polar surface area (TPSA) is 59.6 Å². The molecule has 1 aliphatic heterocycles. The summed E-state index contributed by atoms with van der Waals surface area (Å²) < 4.78 is 0. The van der Waals surface area contributed by atoms with Crippen molar-refractivity contribution in [1.82, 2.24) is 4.90 Å². The van der Waals surface area contributed by atoms with E-state index >= 15 is 0 Å². The van der Waals surface area contributed by atoms with Crippen molar-refractivity contribution in [2.45, 2.75) is 26.3 Å². The molecule has 0 amide bonds. The van der Waals surface area contributed by atoms with Gasteiger partial charge in [-0.2, -0.15) is 5.26 Å². The Morgan fingerprint density at radius 1 is 1.55 bits per heavy atom. The molecular weight excluding hydrogens is 274 g/mol. The molecule has 0 aromatic heterocycles. The molecule has 1 aromatic rings. The molecule has 106 valence electrons. The van der Waals surface area contributed by atoms with Crippen LogP contribution in [0.15, 0.2) is 23.4 Å². The third kappa shape index (κ3) is 3.30. The Morgan fingerprint density at radius 2 is 2.35 bits per heavy atom. The van der Waals surface area contributed by atoms with E-state index in [4.69, 9.17) is 22.1 Å².